The molecule has 1 aliphatic heterocycles. The van der Waals surface area contributed by atoms with Gasteiger partial charge in [0.15, 0.2) is 11.5 Å². The molecule has 1 aliphatic carbocycles. The number of nitrogens with one attached hydrogen (secondary N) is 1. The van der Waals surface area contributed by atoms with Gasteiger partial charge in [-0.15, -0.1) is 0 Å². The molecule has 7 rings (SSSR count). The van der Waals surface area contributed by atoms with E-state index in [1.54, 1.807) is 0 Å². The smallest absolute Gasteiger partial charge is 0.268 e. The molecule has 0 amide bonds. The normalized spacial score (nSPS) is 17.6. The van der Waals surface area contributed by atoms with Crippen LogP contribution in [0, 0.1) is 11.6 Å². The number of hydrogen-bond donors (Lipinski definition) is 2. The summed E-state index contributed by atoms with van der Waals surface area (Å²) in [6.07, 6.45) is -3.62. The third kappa shape index (κ3) is 8.37. The van der Waals surface area contributed by atoms with E-state index in [1.807, 2.05) is 0 Å². The number of halogens is 7. The minimum absolute atomic E-state index is 0.0190. The summed E-state index contributed by atoms with van der Waals surface area (Å²) in [6.45, 7) is 2.72. The van der Waals surface area contributed by atoms with Gasteiger partial charge in [0.05, 0.1) is 59.1 Å². The second-order valence-corrected chi connectivity index (χ2v) is 16.3. The number of aromatic nitrogens is 5. The standard InChI is InChI=1S/C36H37ClF6N8O4S/c1-56(53,54)48-33-29-24(37)2-3-27(30(29)50(47-33)9-8-49-10-12-55-13-11-49)51-34(25(44)16-19-14-21(38)17-22(39)15-19)46-32-28(35(51)52)23(31(40)41)18-26(45-32)20-4-6-36(42,43)7-5-20/h2-3,14-15,17-18,20,25,31H,4-13,16,44H2,1H3,(H,47,48)/t25-/m0/s1. The number of sulfonamides is 1. The number of hydrogen-bond acceptors (Lipinski definition) is 9. The minimum atomic E-state index is -3.93. The van der Waals surface area contributed by atoms with Gasteiger partial charge < -0.3 is 10.5 Å². The van der Waals surface area contributed by atoms with Crippen LogP contribution in [0.1, 0.15) is 66.7 Å². The van der Waals surface area contributed by atoms with Gasteiger partial charge in [0.25, 0.3) is 12.0 Å². The van der Waals surface area contributed by atoms with Crippen molar-refractivity contribution in [2.24, 2.45) is 5.73 Å². The SMILES string of the molecule is CS(=O)(=O)Nc1nn(CCN2CCOCC2)c2c(-n3c([C@@H](N)Cc4cc(F)cc(F)c4)nc4nc(C5CCC(F)(F)CC5)cc(C(F)F)c4c3=O)ccc(Cl)c12. The predicted molar refractivity (Wildman–Crippen MR) is 197 cm³/mol. The highest BCUT2D eigenvalue weighted by Gasteiger charge is 2.37. The second kappa shape index (κ2) is 15.6. The Balaban J connectivity index is 1.49. The molecule has 20 heteroatoms. The Morgan fingerprint density at radius 1 is 1.02 bits per heavy atom. The maximum Gasteiger partial charge on any atom is 0.268 e. The average molecular weight is 827 g/mol. The molecule has 2 fully saturated rings. The van der Waals surface area contributed by atoms with E-state index in [9.17, 15) is 39.6 Å². The van der Waals surface area contributed by atoms with Crippen molar-refractivity contribution >= 4 is 49.4 Å². The molecule has 0 bridgehead atoms. The molecule has 0 radical (unpaired) electrons. The number of fused-ring (bicyclic) bond motifs is 2. The molecule has 56 heavy (non-hydrogen) atoms. The van der Waals surface area contributed by atoms with Gasteiger partial charge in [0.2, 0.25) is 15.9 Å². The molecule has 300 valence electrons. The molecule has 2 aromatic carbocycles. The van der Waals surface area contributed by atoms with E-state index < -0.39 is 81.0 Å². The quantitative estimate of drug-likeness (QED) is 0.148. The molecule has 0 unspecified atom stereocenters. The third-order valence-electron chi connectivity index (χ3n) is 10.1. The number of ether oxygens (including phenoxy) is 1. The number of nitrogens with zero attached hydrogens (tertiary/aromatic N) is 6. The van der Waals surface area contributed by atoms with Gasteiger partial charge in [0, 0.05) is 55.7 Å². The topological polar surface area (TPSA) is 150 Å². The largest absolute Gasteiger partial charge is 0.379 e. The van der Waals surface area contributed by atoms with Crippen LogP contribution in [0.25, 0.3) is 27.6 Å². The van der Waals surface area contributed by atoms with Crippen molar-refractivity contribution in [3.8, 4) is 5.69 Å². The molecule has 5 aromatic rings. The van der Waals surface area contributed by atoms with Crippen molar-refractivity contribution in [3.63, 3.8) is 0 Å². The number of nitrogens with two attached hydrogens (primary N) is 1. The monoisotopic (exact) mass is 826 g/mol. The number of rotatable bonds is 11. The average Bonchev–Trinajstić information content (AvgIpc) is 3.47. The van der Waals surface area contributed by atoms with Crippen LogP contribution >= 0.6 is 11.6 Å². The summed E-state index contributed by atoms with van der Waals surface area (Å²) in [6, 6.07) is 5.24. The first-order valence-electron chi connectivity index (χ1n) is 17.8. The second-order valence-electron chi connectivity index (χ2n) is 14.2. The molecule has 12 nitrogen and oxygen atoms in total. The molecular weight excluding hydrogens is 790 g/mol. The number of pyridine rings is 1. The molecule has 1 saturated heterocycles. The summed E-state index contributed by atoms with van der Waals surface area (Å²) in [4.78, 5) is 26.0. The van der Waals surface area contributed by atoms with Crippen LogP contribution < -0.4 is 16.0 Å². The molecule has 0 spiro atoms. The Kier molecular flexibility index (Phi) is 11.1. The van der Waals surface area contributed by atoms with Crippen LogP contribution in [-0.4, -0.2) is 82.7 Å². The fraction of sp³-hybridized carbons (Fsp3) is 0.444. The predicted octanol–water partition coefficient (Wildman–Crippen LogP) is 6.24. The maximum absolute atomic E-state index is 15.0. The van der Waals surface area contributed by atoms with Crippen LogP contribution in [0.5, 0.6) is 0 Å². The Labute approximate surface area is 321 Å². The summed E-state index contributed by atoms with van der Waals surface area (Å²) < 4.78 is 122. The van der Waals surface area contributed by atoms with Crippen LogP contribution in [0.15, 0.2) is 41.2 Å². The van der Waals surface area contributed by atoms with Crippen molar-refractivity contribution < 1.29 is 39.5 Å². The Morgan fingerprint density at radius 2 is 1.70 bits per heavy atom. The van der Waals surface area contributed by atoms with Gasteiger partial charge in [-0.1, -0.05) is 11.6 Å². The lowest BCUT2D eigenvalue weighted by molar-refractivity contribution is -0.0384. The van der Waals surface area contributed by atoms with Crippen LogP contribution in [0.3, 0.4) is 0 Å². The maximum atomic E-state index is 15.0. The van der Waals surface area contributed by atoms with Crippen LogP contribution in [-0.2, 0) is 27.7 Å². The molecule has 3 N–H and O–H groups in total. The highest BCUT2D eigenvalue weighted by Crippen LogP contribution is 2.42. The zero-order chi connectivity index (χ0) is 40.1. The third-order valence-corrected chi connectivity index (χ3v) is 11.0. The van der Waals surface area contributed by atoms with E-state index in [0.29, 0.717) is 38.9 Å². The van der Waals surface area contributed by atoms with Crippen molar-refractivity contribution in [3.05, 3.63) is 86.1 Å². The first-order valence-corrected chi connectivity index (χ1v) is 20.1. The van der Waals surface area contributed by atoms with E-state index in [-0.39, 0.29) is 70.3 Å². The number of morpholine rings is 1. The lowest BCUT2D eigenvalue weighted by atomic mass is 9.84. The lowest BCUT2D eigenvalue weighted by Crippen LogP contribution is -2.38. The zero-order valence-corrected chi connectivity index (χ0v) is 31.5. The Morgan fingerprint density at radius 3 is 2.34 bits per heavy atom. The van der Waals surface area contributed by atoms with Gasteiger partial charge in [-0.25, -0.2) is 44.7 Å². The molecule has 2 aliphatic rings. The van der Waals surface area contributed by atoms with E-state index in [4.69, 9.17) is 22.1 Å². The summed E-state index contributed by atoms with van der Waals surface area (Å²) in [5, 5.41) is 4.06. The fourth-order valence-corrected chi connectivity index (χ4v) is 8.17. The number of anilines is 1. The van der Waals surface area contributed by atoms with Gasteiger partial charge in [-0.3, -0.25) is 23.7 Å². The van der Waals surface area contributed by atoms with Gasteiger partial charge in [-0.2, -0.15) is 5.10 Å². The Hall–Kier alpha value is -4.30. The van der Waals surface area contributed by atoms with E-state index in [1.165, 1.54) is 16.8 Å². The van der Waals surface area contributed by atoms with E-state index in [2.05, 4.69) is 24.7 Å². The van der Waals surface area contributed by atoms with Crippen LogP contribution in [0.2, 0.25) is 5.02 Å². The van der Waals surface area contributed by atoms with Gasteiger partial charge in [-0.05, 0) is 55.2 Å². The van der Waals surface area contributed by atoms with E-state index in [0.717, 1.165) is 29.0 Å². The number of benzene rings is 2. The summed E-state index contributed by atoms with van der Waals surface area (Å²) in [7, 11) is -3.93. The zero-order valence-electron chi connectivity index (χ0n) is 29.9. The first kappa shape index (κ1) is 39.9. The first-order chi connectivity index (χ1) is 26.5. The van der Waals surface area contributed by atoms with Crippen molar-refractivity contribution in [2.75, 3.05) is 43.8 Å². The van der Waals surface area contributed by atoms with Gasteiger partial charge in [0.1, 0.15) is 17.5 Å². The molecular formula is C36H37ClF6N8O4S. The summed E-state index contributed by atoms with van der Waals surface area (Å²) >= 11 is 6.69. The van der Waals surface area contributed by atoms with E-state index >= 15 is 0 Å². The van der Waals surface area contributed by atoms with Crippen molar-refractivity contribution in [1.82, 2.24) is 29.2 Å². The highest BCUT2D eigenvalue weighted by molar-refractivity contribution is 7.92. The lowest BCUT2D eigenvalue weighted by Gasteiger charge is -2.28. The summed E-state index contributed by atoms with van der Waals surface area (Å²) in [5.41, 5.74) is 4.77. The molecule has 1 saturated carbocycles. The fourth-order valence-electron chi connectivity index (χ4n) is 7.43. The highest BCUT2D eigenvalue weighted by atomic mass is 35.5. The van der Waals surface area contributed by atoms with Crippen LogP contribution in [0.4, 0.5) is 32.2 Å². The van der Waals surface area contributed by atoms with Gasteiger partial charge >= 0.3 is 0 Å². The summed E-state index contributed by atoms with van der Waals surface area (Å²) in [5.74, 6) is -5.74. The molecule has 1 atom stereocenters. The number of alkyl halides is 4. The molecule has 3 aromatic heterocycles. The Bertz CT molecular complexity index is 2450. The minimum Gasteiger partial charge on any atom is -0.379 e. The molecule has 4 heterocycles. The van der Waals surface area contributed by atoms with Crippen molar-refractivity contribution in [1.29, 1.82) is 0 Å². The van der Waals surface area contributed by atoms with Crippen molar-refractivity contribution in [2.45, 2.75) is 63.0 Å².